The van der Waals surface area contributed by atoms with Crippen LogP contribution in [-0.2, 0) is 17.5 Å². The van der Waals surface area contributed by atoms with Crippen molar-refractivity contribution in [2.45, 2.75) is 31.7 Å². The third-order valence-electron chi connectivity index (χ3n) is 7.83. The van der Waals surface area contributed by atoms with Gasteiger partial charge in [-0.25, -0.2) is 0 Å². The molecule has 2 saturated heterocycles. The third-order valence-corrected chi connectivity index (χ3v) is 7.83. The van der Waals surface area contributed by atoms with Gasteiger partial charge in [0.1, 0.15) is 5.41 Å². The van der Waals surface area contributed by atoms with Crippen molar-refractivity contribution < 1.29 is 41.0 Å². The summed E-state index contributed by atoms with van der Waals surface area (Å²) in [4.78, 5) is 28.3. The van der Waals surface area contributed by atoms with Gasteiger partial charge in [0.15, 0.2) is 0 Å². The molecule has 37 heavy (non-hydrogen) atoms. The second kappa shape index (κ2) is 8.47. The zero-order valence-corrected chi connectivity index (χ0v) is 19.5. The van der Waals surface area contributed by atoms with Crippen LogP contribution in [0.2, 0.25) is 0 Å². The van der Waals surface area contributed by atoms with Crippen LogP contribution < -0.4 is 0 Å². The van der Waals surface area contributed by atoms with Crippen LogP contribution in [0.3, 0.4) is 0 Å². The Bertz CT molecular complexity index is 1200. The Morgan fingerprint density at radius 3 is 2.16 bits per heavy atom. The molecule has 13 heteroatoms. The van der Waals surface area contributed by atoms with E-state index in [1.54, 1.807) is 0 Å². The van der Waals surface area contributed by atoms with Gasteiger partial charge in [0.05, 0.1) is 23.9 Å². The highest BCUT2D eigenvalue weighted by Crippen LogP contribution is 2.60. The van der Waals surface area contributed by atoms with Gasteiger partial charge in [0.25, 0.3) is 5.91 Å². The zero-order valence-electron chi connectivity index (χ0n) is 19.5. The molecule has 1 saturated carbocycles. The Morgan fingerprint density at radius 2 is 1.62 bits per heavy atom. The van der Waals surface area contributed by atoms with Crippen LogP contribution in [0.1, 0.15) is 34.3 Å². The van der Waals surface area contributed by atoms with Crippen LogP contribution in [0.25, 0.3) is 0 Å². The quantitative estimate of drug-likeness (QED) is 0.603. The van der Waals surface area contributed by atoms with Crippen molar-refractivity contribution in [3.8, 4) is 0 Å². The number of rotatable bonds is 5. The highest BCUT2D eigenvalue weighted by molar-refractivity contribution is 5.94. The predicted molar refractivity (Wildman–Crippen MR) is 116 cm³/mol. The fourth-order valence-electron chi connectivity index (χ4n) is 5.43. The predicted octanol–water partition coefficient (Wildman–Crippen LogP) is 3.19. The lowest BCUT2D eigenvalue weighted by Crippen LogP contribution is -2.64. The summed E-state index contributed by atoms with van der Waals surface area (Å²) in [6.07, 6.45) is -6.67. The minimum atomic E-state index is -4.60. The summed E-state index contributed by atoms with van der Waals surface area (Å²) >= 11 is 0. The average molecular weight is 530 g/mol. The molecule has 3 aliphatic rings. The molecular weight excluding hydrogens is 506 g/mol. The average Bonchev–Trinajstić information content (AvgIpc) is 3.36. The molecule has 1 aromatic heterocycles. The second-order valence-electron chi connectivity index (χ2n) is 10.3. The number of aliphatic hydroxyl groups excluding tert-OH is 1. The summed E-state index contributed by atoms with van der Waals surface area (Å²) in [5.74, 6) is -1.70. The fourth-order valence-corrected chi connectivity index (χ4v) is 5.43. The lowest BCUT2D eigenvalue weighted by molar-refractivity contribution is -0.205. The van der Waals surface area contributed by atoms with E-state index in [0.29, 0.717) is 5.56 Å². The molecule has 3 fully saturated rings. The molecule has 0 bridgehead atoms. The van der Waals surface area contributed by atoms with Gasteiger partial charge in [-0.05, 0) is 30.5 Å². The minimum Gasteiger partial charge on any atom is -0.396 e. The number of hydrogen-bond acceptors (Lipinski definition) is 4. The van der Waals surface area contributed by atoms with E-state index >= 15 is 0 Å². The van der Waals surface area contributed by atoms with E-state index in [1.807, 2.05) is 0 Å². The highest BCUT2D eigenvalue weighted by atomic mass is 19.4. The van der Waals surface area contributed by atoms with Crippen molar-refractivity contribution in [1.29, 1.82) is 0 Å². The van der Waals surface area contributed by atoms with Gasteiger partial charge in [-0.3, -0.25) is 14.3 Å². The minimum absolute atomic E-state index is 0.0475. The molecule has 2 aromatic rings. The Balaban J connectivity index is 1.22. The van der Waals surface area contributed by atoms with E-state index in [1.165, 1.54) is 39.0 Å². The Kier molecular flexibility index (Phi) is 5.85. The molecule has 1 aromatic carbocycles. The summed E-state index contributed by atoms with van der Waals surface area (Å²) in [5.41, 5.74) is -2.93. The molecule has 200 valence electrons. The first kappa shape index (κ1) is 25.6. The molecule has 2 aliphatic heterocycles. The van der Waals surface area contributed by atoms with Crippen molar-refractivity contribution in [2.75, 3.05) is 32.8 Å². The number of benzene rings is 1. The number of carbonyl (C=O) groups is 2. The van der Waals surface area contributed by atoms with Crippen LogP contribution in [0, 0.1) is 16.7 Å². The molecule has 1 aliphatic carbocycles. The zero-order chi connectivity index (χ0) is 26.8. The summed E-state index contributed by atoms with van der Waals surface area (Å²) in [6.45, 7) is 0.337. The SMILES string of the molecule is O=C(c1cnn(Cc2ccc(C(F)(F)F)cc2)c1)N1CC(CO)C2(C1)CN(C(=O)C1(C(F)(F)F)CC1)C2. The Labute approximate surface area is 207 Å². The first-order valence-electron chi connectivity index (χ1n) is 11.7. The molecule has 3 heterocycles. The van der Waals surface area contributed by atoms with Gasteiger partial charge >= 0.3 is 12.4 Å². The van der Waals surface area contributed by atoms with E-state index in [2.05, 4.69) is 5.10 Å². The maximum Gasteiger partial charge on any atom is 0.416 e. The van der Waals surface area contributed by atoms with Gasteiger partial charge in [0, 0.05) is 50.3 Å². The molecule has 1 unspecified atom stereocenters. The van der Waals surface area contributed by atoms with E-state index < -0.39 is 34.7 Å². The number of aliphatic hydroxyl groups is 1. The molecule has 7 nitrogen and oxygen atoms in total. The number of hydrogen-bond donors (Lipinski definition) is 1. The normalized spacial score (nSPS) is 22.3. The molecule has 1 spiro atoms. The first-order chi connectivity index (χ1) is 17.3. The molecule has 0 radical (unpaired) electrons. The molecule has 2 amide bonds. The Hall–Kier alpha value is -3.09. The van der Waals surface area contributed by atoms with Crippen molar-refractivity contribution in [2.24, 2.45) is 16.7 Å². The Morgan fingerprint density at radius 1 is 1.00 bits per heavy atom. The monoisotopic (exact) mass is 530 g/mol. The number of aromatic nitrogens is 2. The van der Waals surface area contributed by atoms with Gasteiger partial charge in [0.2, 0.25) is 5.91 Å². The van der Waals surface area contributed by atoms with Crippen LogP contribution in [0.5, 0.6) is 0 Å². The number of halogens is 6. The van der Waals surface area contributed by atoms with Gasteiger partial charge in [-0.1, -0.05) is 12.1 Å². The van der Waals surface area contributed by atoms with Crippen LogP contribution in [0.15, 0.2) is 36.7 Å². The molecule has 1 atom stereocenters. The van der Waals surface area contributed by atoms with E-state index in [0.717, 1.165) is 12.1 Å². The van der Waals surface area contributed by atoms with Crippen LogP contribution >= 0.6 is 0 Å². The molecule has 1 N–H and O–H groups in total. The van der Waals surface area contributed by atoms with E-state index in [-0.39, 0.29) is 69.6 Å². The van der Waals surface area contributed by atoms with Gasteiger partial charge < -0.3 is 14.9 Å². The first-order valence-corrected chi connectivity index (χ1v) is 11.7. The standard InChI is InChI=1S/C24H24F6N4O3/c25-23(26,27)17-3-1-15(2-4-17)8-34-9-16(7-31-34)19(36)32-10-18(11-35)21(12-32)13-33(14-21)20(37)22(5-6-22)24(28,29)30/h1-4,7,9,18,35H,5-6,8,10-14H2. The van der Waals surface area contributed by atoms with Crippen molar-refractivity contribution in [1.82, 2.24) is 19.6 Å². The van der Waals surface area contributed by atoms with E-state index in [9.17, 15) is 41.0 Å². The maximum absolute atomic E-state index is 13.3. The lowest BCUT2D eigenvalue weighted by atomic mass is 9.71. The maximum atomic E-state index is 13.3. The van der Waals surface area contributed by atoms with Crippen molar-refractivity contribution in [3.63, 3.8) is 0 Å². The fraction of sp³-hybridized carbons (Fsp3) is 0.542. The molecule has 5 rings (SSSR count). The smallest absolute Gasteiger partial charge is 0.396 e. The van der Waals surface area contributed by atoms with Gasteiger partial charge in [-0.15, -0.1) is 0 Å². The lowest BCUT2D eigenvalue weighted by Gasteiger charge is -2.51. The van der Waals surface area contributed by atoms with E-state index in [4.69, 9.17) is 0 Å². The topological polar surface area (TPSA) is 78.7 Å². The molecular formula is C24H24F6N4O3. The van der Waals surface area contributed by atoms with Crippen LogP contribution in [0.4, 0.5) is 26.3 Å². The van der Waals surface area contributed by atoms with Gasteiger partial charge in [-0.2, -0.15) is 31.4 Å². The third kappa shape index (κ3) is 4.36. The number of nitrogens with zero attached hydrogens (tertiary/aromatic N) is 4. The largest absolute Gasteiger partial charge is 0.416 e. The summed E-state index contributed by atoms with van der Waals surface area (Å²) in [6, 6.07) is 4.60. The second-order valence-corrected chi connectivity index (χ2v) is 10.3. The van der Waals surface area contributed by atoms with Crippen molar-refractivity contribution >= 4 is 11.8 Å². The highest BCUT2D eigenvalue weighted by Gasteiger charge is 2.71. The summed E-state index contributed by atoms with van der Waals surface area (Å²) in [7, 11) is 0. The van der Waals surface area contributed by atoms with Crippen molar-refractivity contribution in [3.05, 3.63) is 53.3 Å². The number of amides is 2. The summed E-state index contributed by atoms with van der Waals surface area (Å²) in [5, 5.41) is 14.0. The number of alkyl halides is 6. The summed E-state index contributed by atoms with van der Waals surface area (Å²) < 4.78 is 79.7. The van der Waals surface area contributed by atoms with Crippen LogP contribution in [-0.4, -0.2) is 75.5 Å². The number of likely N-dealkylation sites (tertiary alicyclic amines) is 2. The number of carbonyl (C=O) groups excluding carboxylic acids is 2.